The molecule has 0 aliphatic carbocycles. The van der Waals surface area contributed by atoms with Crippen LogP contribution in [0.15, 0.2) is 0 Å². The molecular formula is C13H24O3. The maximum Gasteiger partial charge on any atom is 0.304 e. The number of carbonyl (C=O) groups is 2. The van der Waals surface area contributed by atoms with Gasteiger partial charge >= 0.3 is 5.97 Å². The highest BCUT2D eigenvalue weighted by atomic mass is 16.4. The van der Waals surface area contributed by atoms with Crippen LogP contribution in [0, 0.1) is 16.7 Å². The summed E-state index contributed by atoms with van der Waals surface area (Å²) in [6.07, 6.45) is 0.362. The molecule has 3 heteroatoms. The Bertz CT molecular complexity index is 266. The molecule has 94 valence electrons. The average Bonchev–Trinajstić information content (AvgIpc) is 1.93. The van der Waals surface area contributed by atoms with E-state index in [1.807, 2.05) is 41.5 Å². The van der Waals surface area contributed by atoms with Gasteiger partial charge in [0.05, 0.1) is 6.42 Å². The van der Waals surface area contributed by atoms with Gasteiger partial charge in [0.2, 0.25) is 0 Å². The van der Waals surface area contributed by atoms with Gasteiger partial charge in [-0.3, -0.25) is 9.59 Å². The minimum absolute atomic E-state index is 0.0578. The lowest BCUT2D eigenvalue weighted by Crippen LogP contribution is -2.33. The lowest BCUT2D eigenvalue weighted by molar-refractivity contribution is -0.143. The molecule has 0 aliphatic rings. The van der Waals surface area contributed by atoms with Crippen molar-refractivity contribution < 1.29 is 14.7 Å². The molecule has 0 amide bonds. The van der Waals surface area contributed by atoms with Gasteiger partial charge in [0.1, 0.15) is 5.78 Å². The second-order valence-corrected chi connectivity index (χ2v) is 6.72. The van der Waals surface area contributed by atoms with Gasteiger partial charge in [-0.2, -0.15) is 0 Å². The van der Waals surface area contributed by atoms with Crippen molar-refractivity contribution >= 4 is 11.8 Å². The summed E-state index contributed by atoms with van der Waals surface area (Å²) < 4.78 is 0. The highest BCUT2D eigenvalue weighted by Gasteiger charge is 2.34. The van der Waals surface area contributed by atoms with Crippen LogP contribution in [0.4, 0.5) is 0 Å². The fourth-order valence-corrected chi connectivity index (χ4v) is 1.72. The van der Waals surface area contributed by atoms with Crippen molar-refractivity contribution in [1.29, 1.82) is 0 Å². The summed E-state index contributed by atoms with van der Waals surface area (Å²) in [7, 11) is 0. The van der Waals surface area contributed by atoms with Crippen LogP contribution in [0.2, 0.25) is 0 Å². The standard InChI is InChI=1S/C13H24O3/c1-12(2,3)8-10(14)9(7-11(15)16)13(4,5)6/h9H,7-8H2,1-6H3,(H,15,16). The number of carboxylic acids is 1. The Kier molecular flexibility index (Phi) is 4.71. The number of carboxylic acid groups (broad SMARTS) is 1. The number of rotatable bonds is 4. The van der Waals surface area contributed by atoms with Gasteiger partial charge in [-0.1, -0.05) is 41.5 Å². The zero-order chi connectivity index (χ0) is 13.1. The van der Waals surface area contributed by atoms with E-state index in [9.17, 15) is 9.59 Å². The molecule has 0 aromatic carbocycles. The summed E-state index contributed by atoms with van der Waals surface area (Å²) in [6.45, 7) is 11.7. The normalized spacial score (nSPS) is 14.6. The van der Waals surface area contributed by atoms with E-state index in [-0.39, 0.29) is 23.0 Å². The molecule has 0 saturated heterocycles. The topological polar surface area (TPSA) is 54.4 Å². The zero-order valence-electron chi connectivity index (χ0n) is 11.3. The summed E-state index contributed by atoms with van der Waals surface area (Å²) in [5.41, 5.74) is -0.375. The summed E-state index contributed by atoms with van der Waals surface area (Å²) in [6, 6.07) is 0. The second-order valence-electron chi connectivity index (χ2n) is 6.72. The number of Topliss-reactive ketones (excluding diaryl/α,β-unsaturated/α-hetero) is 1. The molecule has 0 fully saturated rings. The van der Waals surface area contributed by atoms with Crippen molar-refractivity contribution in [3.8, 4) is 0 Å². The Morgan fingerprint density at radius 2 is 1.50 bits per heavy atom. The van der Waals surface area contributed by atoms with Crippen LogP contribution in [0.1, 0.15) is 54.4 Å². The third-order valence-corrected chi connectivity index (χ3v) is 2.52. The predicted octanol–water partition coefficient (Wildman–Crippen LogP) is 3.13. The van der Waals surface area contributed by atoms with E-state index < -0.39 is 11.9 Å². The first-order chi connectivity index (χ1) is 6.93. The molecule has 1 N–H and O–H groups in total. The molecule has 0 heterocycles. The Hall–Kier alpha value is -0.860. The van der Waals surface area contributed by atoms with Gasteiger partial charge in [-0.05, 0) is 10.8 Å². The molecule has 1 unspecified atom stereocenters. The zero-order valence-corrected chi connectivity index (χ0v) is 11.3. The van der Waals surface area contributed by atoms with Crippen molar-refractivity contribution in [2.45, 2.75) is 54.4 Å². The van der Waals surface area contributed by atoms with Crippen molar-refractivity contribution in [2.75, 3.05) is 0 Å². The molecule has 0 radical (unpaired) electrons. The van der Waals surface area contributed by atoms with Crippen molar-refractivity contribution in [1.82, 2.24) is 0 Å². The van der Waals surface area contributed by atoms with Crippen LogP contribution in [0.3, 0.4) is 0 Å². The summed E-state index contributed by atoms with van der Waals surface area (Å²) >= 11 is 0. The van der Waals surface area contributed by atoms with Crippen LogP contribution in [0.5, 0.6) is 0 Å². The maximum absolute atomic E-state index is 12.1. The molecule has 0 saturated carbocycles. The summed E-state index contributed by atoms with van der Waals surface area (Å²) in [4.78, 5) is 22.9. The fraction of sp³-hybridized carbons (Fsp3) is 0.846. The van der Waals surface area contributed by atoms with Gasteiger partial charge in [-0.15, -0.1) is 0 Å². The third kappa shape index (κ3) is 5.89. The molecule has 0 bridgehead atoms. The van der Waals surface area contributed by atoms with Gasteiger partial charge < -0.3 is 5.11 Å². The van der Waals surface area contributed by atoms with Crippen LogP contribution in [0.25, 0.3) is 0 Å². The van der Waals surface area contributed by atoms with Crippen molar-refractivity contribution in [2.24, 2.45) is 16.7 Å². The van der Waals surface area contributed by atoms with Crippen molar-refractivity contribution in [3.05, 3.63) is 0 Å². The minimum atomic E-state index is -0.901. The van der Waals surface area contributed by atoms with Crippen molar-refractivity contribution in [3.63, 3.8) is 0 Å². The first-order valence-corrected chi connectivity index (χ1v) is 5.68. The SMILES string of the molecule is CC(C)(C)CC(=O)C(CC(=O)O)C(C)(C)C. The van der Waals surface area contributed by atoms with Gasteiger partial charge in [-0.25, -0.2) is 0 Å². The Morgan fingerprint density at radius 1 is 1.06 bits per heavy atom. The van der Waals surface area contributed by atoms with Crippen LogP contribution in [-0.4, -0.2) is 16.9 Å². The highest BCUT2D eigenvalue weighted by molar-refractivity contribution is 5.86. The van der Waals surface area contributed by atoms with Gasteiger partial charge in [0.25, 0.3) is 0 Å². The highest BCUT2D eigenvalue weighted by Crippen LogP contribution is 2.33. The summed E-state index contributed by atoms with van der Waals surface area (Å²) in [5, 5.41) is 8.84. The monoisotopic (exact) mass is 228 g/mol. The summed E-state index contributed by atoms with van der Waals surface area (Å²) in [5.74, 6) is -1.24. The molecule has 0 rings (SSSR count). The number of ketones is 1. The van der Waals surface area contributed by atoms with E-state index in [2.05, 4.69) is 0 Å². The van der Waals surface area contributed by atoms with E-state index >= 15 is 0 Å². The molecule has 3 nitrogen and oxygen atoms in total. The third-order valence-electron chi connectivity index (χ3n) is 2.52. The van der Waals surface area contributed by atoms with Crippen LogP contribution in [-0.2, 0) is 9.59 Å². The van der Waals surface area contributed by atoms with Gasteiger partial charge in [0.15, 0.2) is 0 Å². The second kappa shape index (κ2) is 4.98. The number of aliphatic carboxylic acids is 1. The first-order valence-electron chi connectivity index (χ1n) is 5.68. The number of hydrogen-bond donors (Lipinski definition) is 1. The number of hydrogen-bond acceptors (Lipinski definition) is 2. The lowest BCUT2D eigenvalue weighted by atomic mass is 9.73. The Balaban J connectivity index is 4.78. The minimum Gasteiger partial charge on any atom is -0.481 e. The van der Waals surface area contributed by atoms with Crippen LogP contribution >= 0.6 is 0 Å². The lowest BCUT2D eigenvalue weighted by Gasteiger charge is -2.30. The maximum atomic E-state index is 12.1. The van der Waals surface area contributed by atoms with E-state index in [0.29, 0.717) is 6.42 Å². The quantitative estimate of drug-likeness (QED) is 0.804. The molecule has 16 heavy (non-hydrogen) atoms. The predicted molar refractivity (Wildman–Crippen MR) is 64.3 cm³/mol. The molecule has 0 aromatic rings. The van der Waals surface area contributed by atoms with Crippen LogP contribution < -0.4 is 0 Å². The molecule has 0 spiro atoms. The number of carbonyl (C=O) groups excluding carboxylic acids is 1. The average molecular weight is 228 g/mol. The fourth-order valence-electron chi connectivity index (χ4n) is 1.72. The largest absolute Gasteiger partial charge is 0.481 e. The molecule has 1 atom stereocenters. The van der Waals surface area contributed by atoms with E-state index in [4.69, 9.17) is 5.11 Å². The van der Waals surface area contributed by atoms with E-state index in [1.165, 1.54) is 0 Å². The molecular weight excluding hydrogens is 204 g/mol. The Morgan fingerprint density at radius 3 is 1.75 bits per heavy atom. The first kappa shape index (κ1) is 15.1. The Labute approximate surface area is 98.2 Å². The van der Waals surface area contributed by atoms with E-state index in [1.54, 1.807) is 0 Å². The molecule has 0 aliphatic heterocycles. The van der Waals surface area contributed by atoms with Gasteiger partial charge in [0, 0.05) is 12.3 Å². The smallest absolute Gasteiger partial charge is 0.304 e. The van der Waals surface area contributed by atoms with E-state index in [0.717, 1.165) is 0 Å². The molecule has 0 aromatic heterocycles.